The molecule has 0 aromatic rings. The first kappa shape index (κ1) is 55.1. The summed E-state index contributed by atoms with van der Waals surface area (Å²) in [7, 11) is 1.49. The molecule has 67 heavy (non-hydrogen) atoms. The number of fused-ring (bicyclic) bond motifs is 10. The minimum atomic E-state index is -0.501. The number of hydrogen-bond donors (Lipinski definition) is 3. The fourth-order valence-electron chi connectivity index (χ4n) is 18.3. The van der Waals surface area contributed by atoms with Crippen LogP contribution in [0.3, 0.4) is 0 Å². The molecule has 0 spiro atoms. The fourth-order valence-corrected chi connectivity index (χ4v) is 18.3. The van der Waals surface area contributed by atoms with Gasteiger partial charge in [-0.05, 0) is 242 Å². The van der Waals surface area contributed by atoms with E-state index in [9.17, 15) is 20.1 Å². The topological polar surface area (TPSA) is 96.2 Å². The van der Waals surface area contributed by atoms with Gasteiger partial charge in [-0.15, -0.1) is 0 Å². The second-order valence-corrected chi connectivity index (χ2v) is 26.7. The Hall–Kier alpha value is -1.21. The van der Waals surface area contributed by atoms with Crippen molar-refractivity contribution >= 4 is 5.97 Å². The molecule has 3 N–H and O–H groups in total. The van der Waals surface area contributed by atoms with Crippen molar-refractivity contribution in [1.29, 1.82) is 0 Å². The summed E-state index contributed by atoms with van der Waals surface area (Å²) in [5.74, 6) is 8.18. The Kier molecular flexibility index (Phi) is 17.4. The lowest BCUT2D eigenvalue weighted by molar-refractivity contribution is -0.140. The van der Waals surface area contributed by atoms with E-state index in [1.54, 1.807) is 11.1 Å². The molecule has 1 heterocycles. The minimum Gasteiger partial charge on any atom is -0.469 e. The van der Waals surface area contributed by atoms with E-state index in [0.717, 1.165) is 131 Å². The molecule has 0 radical (unpaired) electrons. The number of methoxy groups -OCH3 is 1. The van der Waals surface area contributed by atoms with E-state index >= 15 is 0 Å². The highest BCUT2D eigenvalue weighted by Gasteiger charge is 2.61. The zero-order chi connectivity index (χ0) is 46.6. The third-order valence-corrected chi connectivity index (χ3v) is 22.5. The molecule has 9 aliphatic carbocycles. The lowest BCUT2D eigenvalue weighted by atomic mass is 9.46. The predicted molar refractivity (Wildman–Crippen MR) is 277 cm³/mol. The molecule has 10 rings (SSSR count). The molecule has 8 fully saturated rings. The Morgan fingerprint density at radius 2 is 1.07 bits per heavy atom. The molecule has 16 atom stereocenters. The zero-order valence-corrected chi connectivity index (χ0v) is 43.3. The van der Waals surface area contributed by atoms with Crippen LogP contribution in [-0.2, 0) is 14.3 Å². The van der Waals surface area contributed by atoms with Crippen LogP contribution in [0, 0.1) is 80.8 Å². The third kappa shape index (κ3) is 11.1. The van der Waals surface area contributed by atoms with Crippen molar-refractivity contribution in [2.45, 2.75) is 254 Å². The van der Waals surface area contributed by atoms with Gasteiger partial charge < -0.3 is 24.8 Å². The van der Waals surface area contributed by atoms with Crippen molar-refractivity contribution in [3.05, 3.63) is 23.3 Å². The van der Waals surface area contributed by atoms with Crippen LogP contribution < -0.4 is 0 Å². The van der Waals surface area contributed by atoms with Crippen molar-refractivity contribution in [2.75, 3.05) is 20.3 Å². The van der Waals surface area contributed by atoms with E-state index in [1.807, 2.05) is 13.8 Å². The SMILES string of the molecule is C.C.C1CCOC1.COC(=O)CCC[C@@H](C)[C@H]1CC[C@H]2[C@@H]3CC=C4C[C@@](C)(O)CC[C@]4(C)[C@H]3CC[C@]12C.C[C@H](CCCC1(O)CC1)[C@H]1CC[C@H]2[C@@H]3CC=C4C[C@@](C)(O)CC[C@]4(C)[C@H]3CC[C@]12C. The number of carbonyl (C=O) groups excluding carboxylic acids is 1. The summed E-state index contributed by atoms with van der Waals surface area (Å²) in [5, 5.41) is 31.5. The second-order valence-electron chi connectivity index (χ2n) is 26.7. The van der Waals surface area contributed by atoms with Crippen LogP contribution in [-0.4, -0.2) is 58.4 Å². The standard InChI is InChI=1S/C28H46O2.C27H44O3.C4H8O.2CH4/c1-19(6-5-12-28(30)16-17-28)22-9-10-23-21-8-7-20-18-25(2,29)14-15-26(20,3)24(21)11-13-27(22,23)4;1-18(7-6-8-24(28)30-5)21-11-12-22-20-10-9-19-17-25(2,29)15-16-26(19,3)23(20)13-14-27(21,22)4;1-2-4-5-3-1;;/h7,19,21-24,29-30H,5-6,8-18H2,1-4H3;9,18,20-23,29H,6-8,10-17H2,1-5H3;1-4H2;2*1H4/t19-,21+,22-,23+,24+,25+,26+,27-;18-,20+,21-,22+,23+,25+,26+,27-;;;/m11.../s1. The van der Waals surface area contributed by atoms with Gasteiger partial charge in [0.1, 0.15) is 0 Å². The number of carbonyl (C=O) groups is 1. The molecule has 0 aromatic heterocycles. The minimum absolute atomic E-state index is 0. The van der Waals surface area contributed by atoms with Gasteiger partial charge in [0.05, 0.1) is 23.9 Å². The van der Waals surface area contributed by atoms with E-state index in [1.165, 1.54) is 103 Å². The first-order valence-electron chi connectivity index (χ1n) is 27.9. The molecule has 0 bridgehead atoms. The number of allylic oxidation sites excluding steroid dienone is 2. The number of aliphatic hydroxyl groups is 3. The molecule has 10 aliphatic rings. The van der Waals surface area contributed by atoms with Crippen molar-refractivity contribution in [1.82, 2.24) is 0 Å². The summed E-state index contributed by atoms with van der Waals surface area (Å²) in [6, 6.07) is 0. The van der Waals surface area contributed by atoms with Gasteiger partial charge in [-0.3, -0.25) is 4.79 Å². The summed E-state index contributed by atoms with van der Waals surface area (Å²) in [6.07, 6.45) is 35.7. The van der Waals surface area contributed by atoms with Gasteiger partial charge >= 0.3 is 5.97 Å². The summed E-state index contributed by atoms with van der Waals surface area (Å²) in [4.78, 5) is 11.5. The maximum atomic E-state index is 11.5. The highest BCUT2D eigenvalue weighted by Crippen LogP contribution is 2.69. The Bertz CT molecular complexity index is 1710. The Morgan fingerprint density at radius 3 is 1.48 bits per heavy atom. The number of hydrogen-bond acceptors (Lipinski definition) is 6. The van der Waals surface area contributed by atoms with E-state index in [2.05, 4.69) is 53.7 Å². The lowest BCUT2D eigenvalue weighted by Crippen LogP contribution is -2.52. The normalized spacial score (nSPS) is 45.0. The largest absolute Gasteiger partial charge is 0.469 e. The third-order valence-electron chi connectivity index (χ3n) is 22.5. The highest BCUT2D eigenvalue weighted by molar-refractivity contribution is 5.69. The quantitative estimate of drug-likeness (QED) is 0.149. The van der Waals surface area contributed by atoms with Crippen molar-refractivity contribution in [3.63, 3.8) is 0 Å². The van der Waals surface area contributed by atoms with Crippen LogP contribution in [0.15, 0.2) is 23.3 Å². The molecule has 7 saturated carbocycles. The van der Waals surface area contributed by atoms with Crippen LogP contribution in [0.1, 0.15) is 237 Å². The molecule has 0 aromatic carbocycles. The average molecular weight is 936 g/mol. The maximum Gasteiger partial charge on any atom is 0.305 e. The average Bonchev–Trinajstić information content (AvgIpc) is 3.63. The van der Waals surface area contributed by atoms with Crippen LogP contribution in [0.4, 0.5) is 0 Å². The van der Waals surface area contributed by atoms with E-state index in [0.29, 0.717) is 34.0 Å². The zero-order valence-electron chi connectivity index (χ0n) is 43.3. The summed E-state index contributed by atoms with van der Waals surface area (Å²) < 4.78 is 9.77. The monoisotopic (exact) mass is 935 g/mol. The van der Waals surface area contributed by atoms with Crippen LogP contribution >= 0.6 is 0 Å². The van der Waals surface area contributed by atoms with Gasteiger partial charge in [-0.25, -0.2) is 0 Å². The number of ether oxygens (including phenoxy) is 2. The van der Waals surface area contributed by atoms with Gasteiger partial charge in [0.25, 0.3) is 0 Å². The Morgan fingerprint density at radius 1 is 0.627 bits per heavy atom. The number of esters is 1. The Labute approximate surface area is 412 Å². The smallest absolute Gasteiger partial charge is 0.305 e. The van der Waals surface area contributed by atoms with Crippen LogP contribution in [0.25, 0.3) is 0 Å². The van der Waals surface area contributed by atoms with Crippen LogP contribution in [0.5, 0.6) is 0 Å². The van der Waals surface area contributed by atoms with Gasteiger partial charge in [0, 0.05) is 19.6 Å². The summed E-state index contributed by atoms with van der Waals surface area (Å²) in [6.45, 7) is 21.4. The molecule has 6 nitrogen and oxygen atoms in total. The summed E-state index contributed by atoms with van der Waals surface area (Å²) >= 11 is 0. The van der Waals surface area contributed by atoms with Gasteiger partial charge in [-0.1, -0.05) is 92.5 Å². The van der Waals surface area contributed by atoms with Crippen molar-refractivity contribution in [3.8, 4) is 0 Å². The van der Waals surface area contributed by atoms with Gasteiger partial charge in [0.15, 0.2) is 0 Å². The first-order chi connectivity index (χ1) is 30.7. The summed E-state index contributed by atoms with van der Waals surface area (Å²) in [5.41, 5.74) is 3.55. The Balaban J connectivity index is 0.000000195. The molecule has 1 aliphatic heterocycles. The van der Waals surface area contributed by atoms with Crippen LogP contribution in [0.2, 0.25) is 0 Å². The van der Waals surface area contributed by atoms with E-state index in [4.69, 9.17) is 9.47 Å². The second kappa shape index (κ2) is 21.1. The highest BCUT2D eigenvalue weighted by atomic mass is 16.5. The predicted octanol–water partition coefficient (Wildman–Crippen LogP) is 15.0. The molecular formula is C61H106O6. The molecular weight excluding hydrogens is 829 g/mol. The first-order valence-corrected chi connectivity index (χ1v) is 27.9. The maximum absolute atomic E-state index is 11.5. The van der Waals surface area contributed by atoms with Gasteiger partial charge in [-0.2, -0.15) is 0 Å². The molecule has 0 amide bonds. The van der Waals surface area contributed by atoms with Crippen molar-refractivity contribution < 1.29 is 29.6 Å². The molecule has 1 saturated heterocycles. The fraction of sp³-hybridized carbons (Fsp3) is 0.918. The van der Waals surface area contributed by atoms with E-state index < -0.39 is 11.2 Å². The molecule has 386 valence electrons. The lowest BCUT2D eigenvalue weighted by Gasteiger charge is -2.59. The van der Waals surface area contributed by atoms with E-state index in [-0.39, 0.29) is 26.4 Å². The van der Waals surface area contributed by atoms with Gasteiger partial charge in [0.2, 0.25) is 0 Å². The molecule has 6 heteroatoms. The molecule has 0 unspecified atom stereocenters. The van der Waals surface area contributed by atoms with Crippen molar-refractivity contribution in [2.24, 2.45) is 80.8 Å². The number of rotatable bonds is 10.